The van der Waals surface area contributed by atoms with E-state index in [2.05, 4.69) is 46.4 Å². The van der Waals surface area contributed by atoms with E-state index >= 15 is 0 Å². The van der Waals surface area contributed by atoms with Crippen LogP contribution in [0.2, 0.25) is 0 Å². The second-order valence-electron chi connectivity index (χ2n) is 6.73. The average Bonchev–Trinajstić information content (AvgIpc) is 2.25. The molecule has 0 saturated carbocycles. The van der Waals surface area contributed by atoms with Gasteiger partial charge in [-0.1, -0.05) is 20.8 Å². The molecule has 0 aliphatic carbocycles. The molecule has 2 N–H and O–H groups in total. The van der Waals surface area contributed by atoms with Crippen molar-refractivity contribution in [3.05, 3.63) is 0 Å². The molecule has 0 aromatic rings. The molecule has 1 rings (SSSR count). The third-order valence-corrected chi connectivity index (χ3v) is 3.24. The molecular weight excluding hydrogens is 191 g/mol. The molecule has 0 aromatic carbocycles. The standard InChI is InChI=1S/C12H25FN2/c1-11(2,3)10-9(14)8(13)7-15(10)12(4,5)6/h8-10H,7,14H2,1-6H3/t8-,9-,10?/m0/s1. The van der Waals surface area contributed by atoms with Gasteiger partial charge >= 0.3 is 0 Å². The minimum Gasteiger partial charge on any atom is -0.324 e. The second-order valence-corrected chi connectivity index (χ2v) is 6.73. The highest BCUT2D eigenvalue weighted by Gasteiger charge is 2.49. The van der Waals surface area contributed by atoms with E-state index < -0.39 is 6.17 Å². The van der Waals surface area contributed by atoms with Crippen LogP contribution in [0.1, 0.15) is 41.5 Å². The summed E-state index contributed by atoms with van der Waals surface area (Å²) in [6, 6.07) is -0.239. The lowest BCUT2D eigenvalue weighted by atomic mass is 9.81. The van der Waals surface area contributed by atoms with Gasteiger partial charge in [-0.25, -0.2) is 4.39 Å². The van der Waals surface area contributed by atoms with Gasteiger partial charge in [0.15, 0.2) is 0 Å². The maximum atomic E-state index is 13.7. The van der Waals surface area contributed by atoms with E-state index in [0.29, 0.717) is 6.54 Å². The fraction of sp³-hybridized carbons (Fsp3) is 1.00. The molecule has 0 bridgehead atoms. The monoisotopic (exact) mass is 216 g/mol. The topological polar surface area (TPSA) is 29.3 Å². The molecule has 0 aromatic heterocycles. The number of rotatable bonds is 0. The van der Waals surface area contributed by atoms with E-state index in [0.717, 1.165) is 0 Å². The molecule has 2 nitrogen and oxygen atoms in total. The first-order valence-electron chi connectivity index (χ1n) is 5.71. The number of hydrogen-bond acceptors (Lipinski definition) is 2. The van der Waals surface area contributed by atoms with Crippen LogP contribution in [0, 0.1) is 5.41 Å². The lowest BCUT2D eigenvalue weighted by Crippen LogP contribution is -2.54. The first kappa shape index (κ1) is 12.9. The van der Waals surface area contributed by atoms with E-state index in [9.17, 15) is 4.39 Å². The molecule has 90 valence electrons. The third-order valence-electron chi connectivity index (χ3n) is 3.24. The zero-order valence-electron chi connectivity index (χ0n) is 10.8. The zero-order valence-corrected chi connectivity index (χ0v) is 10.8. The van der Waals surface area contributed by atoms with Crippen LogP contribution >= 0.6 is 0 Å². The van der Waals surface area contributed by atoms with E-state index in [4.69, 9.17) is 5.73 Å². The van der Waals surface area contributed by atoms with E-state index in [1.807, 2.05) is 0 Å². The van der Waals surface area contributed by atoms with Crippen LogP contribution in [0.5, 0.6) is 0 Å². The van der Waals surface area contributed by atoms with Gasteiger partial charge in [0, 0.05) is 18.1 Å². The van der Waals surface area contributed by atoms with Crippen molar-refractivity contribution in [2.75, 3.05) is 6.54 Å². The van der Waals surface area contributed by atoms with E-state index in [1.54, 1.807) is 0 Å². The van der Waals surface area contributed by atoms with Gasteiger partial charge in [0.2, 0.25) is 0 Å². The number of alkyl halides is 1. The summed E-state index contributed by atoms with van der Waals surface area (Å²) in [5.41, 5.74) is 5.98. The molecule has 1 aliphatic rings. The van der Waals surface area contributed by atoms with E-state index in [1.165, 1.54) is 0 Å². The highest BCUT2D eigenvalue weighted by atomic mass is 19.1. The Labute approximate surface area is 93.0 Å². The molecule has 1 saturated heterocycles. The summed E-state index contributed by atoms with van der Waals surface area (Å²) in [7, 11) is 0. The summed E-state index contributed by atoms with van der Waals surface area (Å²) in [5, 5.41) is 0. The summed E-state index contributed by atoms with van der Waals surface area (Å²) in [4.78, 5) is 2.21. The maximum absolute atomic E-state index is 13.7. The van der Waals surface area contributed by atoms with Gasteiger partial charge in [-0.3, -0.25) is 4.90 Å². The molecule has 15 heavy (non-hydrogen) atoms. The van der Waals surface area contributed by atoms with E-state index in [-0.39, 0.29) is 23.0 Å². The first-order chi connectivity index (χ1) is 6.55. The Bertz CT molecular complexity index is 227. The number of nitrogens with zero attached hydrogens (tertiary/aromatic N) is 1. The van der Waals surface area contributed by atoms with Gasteiger partial charge in [-0.05, 0) is 26.2 Å². The molecule has 1 fully saturated rings. The molecule has 1 heterocycles. The number of nitrogens with two attached hydrogens (primary N) is 1. The van der Waals surface area contributed by atoms with Gasteiger partial charge in [-0.15, -0.1) is 0 Å². The number of halogens is 1. The Balaban J connectivity index is 2.98. The van der Waals surface area contributed by atoms with Crippen LogP contribution in [-0.2, 0) is 0 Å². The molecule has 0 radical (unpaired) electrons. The van der Waals surface area contributed by atoms with Gasteiger partial charge in [0.1, 0.15) is 6.17 Å². The summed E-state index contributed by atoms with van der Waals surface area (Å²) in [5.74, 6) is 0. The van der Waals surface area contributed by atoms with Crippen molar-refractivity contribution in [1.82, 2.24) is 4.90 Å². The molecule has 3 heteroatoms. The van der Waals surface area contributed by atoms with Gasteiger partial charge in [-0.2, -0.15) is 0 Å². The predicted molar refractivity (Wildman–Crippen MR) is 62.6 cm³/mol. The lowest BCUT2D eigenvalue weighted by Gasteiger charge is -2.44. The predicted octanol–water partition coefficient (Wildman–Crippen LogP) is 2.18. The van der Waals surface area contributed by atoms with Crippen LogP contribution in [0.4, 0.5) is 4.39 Å². The Hall–Kier alpha value is -0.150. The SMILES string of the molecule is CC(C)(C)C1[C@@H](N)[C@@H](F)CN1C(C)(C)C. The summed E-state index contributed by atoms with van der Waals surface area (Å²) in [6.45, 7) is 13.2. The normalized spacial score (nSPS) is 34.8. The van der Waals surface area contributed by atoms with Crippen LogP contribution in [0.3, 0.4) is 0 Å². The van der Waals surface area contributed by atoms with Crippen molar-refractivity contribution in [3.8, 4) is 0 Å². The molecule has 1 unspecified atom stereocenters. The Kier molecular flexibility index (Phi) is 3.19. The quantitative estimate of drug-likeness (QED) is 0.672. The van der Waals surface area contributed by atoms with Crippen molar-refractivity contribution in [2.45, 2.75) is 65.3 Å². The zero-order chi connectivity index (χ0) is 12.0. The van der Waals surface area contributed by atoms with Crippen molar-refractivity contribution >= 4 is 0 Å². The highest BCUT2D eigenvalue weighted by molar-refractivity contribution is 5.05. The fourth-order valence-corrected chi connectivity index (χ4v) is 2.56. The number of likely N-dealkylation sites (tertiary alicyclic amines) is 1. The maximum Gasteiger partial charge on any atom is 0.129 e. The van der Waals surface area contributed by atoms with Crippen molar-refractivity contribution < 1.29 is 4.39 Å². The van der Waals surface area contributed by atoms with Crippen molar-refractivity contribution in [2.24, 2.45) is 11.1 Å². The van der Waals surface area contributed by atoms with Crippen LogP contribution in [-0.4, -0.2) is 35.2 Å². The summed E-state index contributed by atoms with van der Waals surface area (Å²) in [6.07, 6.45) is -0.895. The molecule has 3 atom stereocenters. The van der Waals surface area contributed by atoms with Crippen molar-refractivity contribution in [3.63, 3.8) is 0 Å². The molecule has 0 spiro atoms. The van der Waals surface area contributed by atoms with Gasteiger partial charge in [0.25, 0.3) is 0 Å². The van der Waals surface area contributed by atoms with Gasteiger partial charge < -0.3 is 5.73 Å². The minimum absolute atomic E-state index is 0.0175. The van der Waals surface area contributed by atoms with Crippen LogP contribution in [0.25, 0.3) is 0 Å². The minimum atomic E-state index is -0.895. The van der Waals surface area contributed by atoms with Gasteiger partial charge in [0.05, 0.1) is 6.04 Å². The Morgan fingerprint density at radius 2 is 1.60 bits per heavy atom. The third kappa shape index (κ3) is 2.51. The molecule has 1 aliphatic heterocycles. The van der Waals surface area contributed by atoms with Crippen LogP contribution < -0.4 is 5.73 Å². The largest absolute Gasteiger partial charge is 0.324 e. The Morgan fingerprint density at radius 1 is 1.13 bits per heavy atom. The molecule has 0 amide bonds. The first-order valence-corrected chi connectivity index (χ1v) is 5.71. The summed E-state index contributed by atoms with van der Waals surface area (Å²) < 4.78 is 13.7. The Morgan fingerprint density at radius 3 is 1.87 bits per heavy atom. The van der Waals surface area contributed by atoms with Crippen molar-refractivity contribution in [1.29, 1.82) is 0 Å². The summed E-state index contributed by atoms with van der Waals surface area (Å²) >= 11 is 0. The molecular formula is C12H25FN2. The highest BCUT2D eigenvalue weighted by Crippen LogP contribution is 2.37. The number of hydrogen-bond donors (Lipinski definition) is 1. The smallest absolute Gasteiger partial charge is 0.129 e. The van der Waals surface area contributed by atoms with Crippen LogP contribution in [0.15, 0.2) is 0 Å². The second kappa shape index (κ2) is 3.70. The fourth-order valence-electron chi connectivity index (χ4n) is 2.56. The average molecular weight is 216 g/mol. The lowest BCUT2D eigenvalue weighted by molar-refractivity contribution is 0.0517.